The summed E-state index contributed by atoms with van der Waals surface area (Å²) in [5.74, 6) is -1.50. The smallest absolute Gasteiger partial charge is 0.264 e. The van der Waals surface area contributed by atoms with E-state index >= 15 is 0 Å². The van der Waals surface area contributed by atoms with Gasteiger partial charge in [0, 0.05) is 12.2 Å². The molecule has 0 aliphatic heterocycles. The molecule has 0 unspecified atom stereocenters. The number of sulfonamides is 1. The van der Waals surface area contributed by atoms with Crippen molar-refractivity contribution in [3.63, 3.8) is 0 Å². The first-order valence-electron chi connectivity index (χ1n) is 9.49. The normalized spacial score (nSPS) is 11.2. The van der Waals surface area contributed by atoms with E-state index in [1.165, 1.54) is 10.4 Å². The zero-order chi connectivity index (χ0) is 21.9. The van der Waals surface area contributed by atoms with Gasteiger partial charge in [-0.15, -0.1) is 0 Å². The van der Waals surface area contributed by atoms with Gasteiger partial charge in [-0.05, 0) is 74.4 Å². The van der Waals surface area contributed by atoms with E-state index in [9.17, 15) is 17.6 Å². The van der Waals surface area contributed by atoms with Gasteiger partial charge in [0.1, 0.15) is 5.82 Å². The minimum Gasteiger partial charge on any atom is -0.322 e. The molecule has 5 nitrogen and oxygen atoms in total. The first-order chi connectivity index (χ1) is 14.2. The Morgan fingerprint density at radius 3 is 2.20 bits per heavy atom. The highest BCUT2D eigenvalue weighted by Gasteiger charge is 2.26. The van der Waals surface area contributed by atoms with Gasteiger partial charge in [0.25, 0.3) is 15.9 Å². The zero-order valence-electron chi connectivity index (χ0n) is 17.0. The van der Waals surface area contributed by atoms with Crippen LogP contribution in [0.2, 0.25) is 0 Å². The van der Waals surface area contributed by atoms with Crippen LogP contribution in [0.1, 0.15) is 28.4 Å². The Hall–Kier alpha value is -3.19. The van der Waals surface area contributed by atoms with Crippen LogP contribution in [0.25, 0.3) is 0 Å². The highest BCUT2D eigenvalue weighted by Crippen LogP contribution is 2.25. The molecule has 156 valence electrons. The summed E-state index contributed by atoms with van der Waals surface area (Å²) in [6.07, 6.45) is 0. The van der Waals surface area contributed by atoms with Crippen LogP contribution in [-0.2, 0) is 10.0 Å². The summed E-state index contributed by atoms with van der Waals surface area (Å²) < 4.78 is 42.0. The van der Waals surface area contributed by atoms with Crippen molar-refractivity contribution in [3.8, 4) is 0 Å². The van der Waals surface area contributed by atoms with Crippen LogP contribution in [-0.4, -0.2) is 20.9 Å². The maximum atomic E-state index is 14.4. The lowest BCUT2D eigenvalue weighted by molar-refractivity contribution is 0.102. The van der Waals surface area contributed by atoms with Crippen LogP contribution in [0.15, 0.2) is 71.6 Å². The lowest BCUT2D eigenvalue weighted by Crippen LogP contribution is -2.31. The van der Waals surface area contributed by atoms with Crippen molar-refractivity contribution in [2.75, 3.05) is 16.2 Å². The minimum atomic E-state index is -3.98. The van der Waals surface area contributed by atoms with E-state index in [2.05, 4.69) is 5.32 Å². The molecule has 0 bridgehead atoms. The first kappa shape index (κ1) is 21.5. The van der Waals surface area contributed by atoms with Crippen molar-refractivity contribution in [1.82, 2.24) is 0 Å². The van der Waals surface area contributed by atoms with Gasteiger partial charge in [-0.3, -0.25) is 9.10 Å². The number of para-hydroxylation sites is 1. The number of nitrogens with one attached hydrogen (secondary N) is 1. The molecular formula is C23H23FN2O3S. The molecule has 30 heavy (non-hydrogen) atoms. The Morgan fingerprint density at radius 2 is 1.60 bits per heavy atom. The Kier molecular flexibility index (Phi) is 6.22. The van der Waals surface area contributed by atoms with E-state index in [1.54, 1.807) is 49.4 Å². The molecule has 3 aromatic carbocycles. The topological polar surface area (TPSA) is 66.5 Å². The largest absolute Gasteiger partial charge is 0.322 e. The summed E-state index contributed by atoms with van der Waals surface area (Å²) in [6.45, 7) is 5.67. The van der Waals surface area contributed by atoms with E-state index < -0.39 is 21.7 Å². The maximum Gasteiger partial charge on any atom is 0.264 e. The predicted octanol–water partition coefficient (Wildman–Crippen LogP) is 4.91. The molecule has 3 rings (SSSR count). The second-order valence-corrected chi connectivity index (χ2v) is 8.84. The van der Waals surface area contributed by atoms with Crippen LogP contribution in [0, 0.1) is 19.7 Å². The van der Waals surface area contributed by atoms with Crippen LogP contribution in [0.5, 0.6) is 0 Å². The molecule has 0 saturated carbocycles. The fraction of sp³-hybridized carbons (Fsp3) is 0.174. The molecule has 0 saturated heterocycles. The van der Waals surface area contributed by atoms with Crippen molar-refractivity contribution in [3.05, 3.63) is 89.2 Å². The molecule has 0 aromatic heterocycles. The molecule has 1 N–H and O–H groups in total. The summed E-state index contributed by atoms with van der Waals surface area (Å²) in [4.78, 5) is 12.5. The Morgan fingerprint density at radius 1 is 0.967 bits per heavy atom. The average molecular weight is 427 g/mol. The van der Waals surface area contributed by atoms with Gasteiger partial charge in [0.2, 0.25) is 0 Å². The van der Waals surface area contributed by atoms with Crippen LogP contribution < -0.4 is 9.62 Å². The molecule has 0 radical (unpaired) electrons. The molecule has 0 aliphatic rings. The Bertz CT molecular complexity index is 1160. The van der Waals surface area contributed by atoms with Crippen molar-refractivity contribution >= 4 is 27.3 Å². The van der Waals surface area contributed by atoms with E-state index in [-0.39, 0.29) is 17.0 Å². The van der Waals surface area contributed by atoms with E-state index in [0.717, 1.165) is 23.3 Å². The third kappa shape index (κ3) is 4.52. The van der Waals surface area contributed by atoms with Crippen molar-refractivity contribution in [2.45, 2.75) is 25.7 Å². The van der Waals surface area contributed by atoms with Gasteiger partial charge in [-0.2, -0.15) is 0 Å². The number of aryl methyl sites for hydroxylation is 2. The highest BCUT2D eigenvalue weighted by molar-refractivity contribution is 7.92. The van der Waals surface area contributed by atoms with Gasteiger partial charge in [0.15, 0.2) is 0 Å². The molecule has 1 amide bonds. The Balaban J connectivity index is 1.97. The number of amides is 1. The third-order valence-corrected chi connectivity index (χ3v) is 6.48. The lowest BCUT2D eigenvalue weighted by atomic mass is 10.1. The van der Waals surface area contributed by atoms with Gasteiger partial charge < -0.3 is 5.32 Å². The second-order valence-electron chi connectivity index (χ2n) is 6.98. The monoisotopic (exact) mass is 426 g/mol. The van der Waals surface area contributed by atoms with Gasteiger partial charge in [-0.25, -0.2) is 12.8 Å². The summed E-state index contributed by atoms with van der Waals surface area (Å²) >= 11 is 0. The summed E-state index contributed by atoms with van der Waals surface area (Å²) in [5.41, 5.74) is 2.57. The fourth-order valence-electron chi connectivity index (χ4n) is 3.30. The van der Waals surface area contributed by atoms with E-state index in [1.807, 2.05) is 19.9 Å². The van der Waals surface area contributed by atoms with E-state index in [0.29, 0.717) is 11.4 Å². The first-order valence-corrected chi connectivity index (χ1v) is 10.9. The fourth-order valence-corrected chi connectivity index (χ4v) is 4.80. The number of halogens is 1. The van der Waals surface area contributed by atoms with Crippen LogP contribution >= 0.6 is 0 Å². The van der Waals surface area contributed by atoms with Crippen molar-refractivity contribution in [2.24, 2.45) is 0 Å². The van der Waals surface area contributed by atoms with Gasteiger partial charge in [0.05, 0.1) is 16.1 Å². The standard InChI is InChI=1S/C23H23FN2O3S/c1-4-26(19-8-6-5-7-9-19)30(28,29)20-10-11-22(24)21(15-20)23(27)25-18-13-16(2)12-17(3)14-18/h5-15H,4H2,1-3H3,(H,25,27). The zero-order valence-corrected chi connectivity index (χ0v) is 17.8. The molecule has 0 aliphatic carbocycles. The second kappa shape index (κ2) is 8.67. The van der Waals surface area contributed by atoms with Crippen LogP contribution in [0.3, 0.4) is 0 Å². The SMILES string of the molecule is CCN(c1ccccc1)S(=O)(=O)c1ccc(F)c(C(=O)Nc2cc(C)cc(C)c2)c1. The molecule has 3 aromatic rings. The minimum absolute atomic E-state index is 0.153. The predicted molar refractivity (Wildman–Crippen MR) is 117 cm³/mol. The van der Waals surface area contributed by atoms with Crippen molar-refractivity contribution < 1.29 is 17.6 Å². The highest BCUT2D eigenvalue weighted by atomic mass is 32.2. The number of anilines is 2. The summed E-state index contributed by atoms with van der Waals surface area (Å²) in [5, 5.41) is 2.65. The molecule has 0 atom stereocenters. The molecule has 0 fully saturated rings. The van der Waals surface area contributed by atoms with Crippen LogP contribution in [0.4, 0.5) is 15.8 Å². The average Bonchev–Trinajstić information content (AvgIpc) is 2.68. The number of benzene rings is 3. The summed E-state index contributed by atoms with van der Waals surface area (Å²) in [7, 11) is -3.98. The van der Waals surface area contributed by atoms with E-state index in [4.69, 9.17) is 0 Å². The number of hydrogen-bond donors (Lipinski definition) is 1. The Labute approximate surface area is 176 Å². The number of nitrogens with zero attached hydrogens (tertiary/aromatic N) is 1. The number of rotatable bonds is 6. The number of carbonyl (C=O) groups is 1. The molecule has 0 spiro atoms. The number of carbonyl (C=O) groups excluding carboxylic acids is 1. The lowest BCUT2D eigenvalue weighted by Gasteiger charge is -2.23. The summed E-state index contributed by atoms with van der Waals surface area (Å²) in [6, 6.07) is 17.3. The third-order valence-electron chi connectivity index (χ3n) is 4.58. The maximum absolute atomic E-state index is 14.4. The molecular weight excluding hydrogens is 403 g/mol. The quantitative estimate of drug-likeness (QED) is 0.609. The molecule has 7 heteroatoms. The molecule has 0 heterocycles. The van der Waals surface area contributed by atoms with Crippen molar-refractivity contribution in [1.29, 1.82) is 0 Å². The number of hydrogen-bond acceptors (Lipinski definition) is 3. The van der Waals surface area contributed by atoms with Gasteiger partial charge in [-0.1, -0.05) is 24.3 Å². The van der Waals surface area contributed by atoms with Gasteiger partial charge >= 0.3 is 0 Å².